The highest BCUT2D eigenvalue weighted by Crippen LogP contribution is 2.44. The van der Waals surface area contributed by atoms with Crippen molar-refractivity contribution in [2.75, 3.05) is 23.3 Å². The molecule has 2 aromatic carbocycles. The van der Waals surface area contributed by atoms with E-state index in [0.29, 0.717) is 47.1 Å². The van der Waals surface area contributed by atoms with Gasteiger partial charge in [-0.2, -0.15) is 0 Å². The molecule has 2 N–H and O–H groups in total. The van der Waals surface area contributed by atoms with Gasteiger partial charge in [-0.05, 0) is 38.0 Å². The number of benzene rings is 2. The van der Waals surface area contributed by atoms with Crippen molar-refractivity contribution in [1.29, 1.82) is 0 Å². The summed E-state index contributed by atoms with van der Waals surface area (Å²) in [5.41, 5.74) is 3.11. The number of carboxylic acid groups (broad SMARTS) is 1. The van der Waals surface area contributed by atoms with Crippen LogP contribution in [0.2, 0.25) is 0 Å². The summed E-state index contributed by atoms with van der Waals surface area (Å²) in [6, 6.07) is 14.4. The van der Waals surface area contributed by atoms with Gasteiger partial charge in [0.2, 0.25) is 5.91 Å². The zero-order valence-corrected chi connectivity index (χ0v) is 21.3. The quantitative estimate of drug-likeness (QED) is 0.288. The number of amides is 3. The van der Waals surface area contributed by atoms with E-state index in [0.717, 1.165) is 17.3 Å². The number of anilines is 2. The number of carbonyl (C=O) groups is 4. The van der Waals surface area contributed by atoms with Crippen molar-refractivity contribution < 1.29 is 24.3 Å². The standard InChI is InChI=1S/C26H25N3O5S2/c1-16-10-12-17(13-11-16)27-20(30)15-29-19-8-5-4-7-18(19)22(24(29)33)23-25(34)28(26(35)36-23)14-6-2-3-9-21(31)32/h4-5,7-8,10-13H,2-3,6,9,14-15H2,1H3,(H,27,30)(H,31,32). The molecule has 0 unspecified atom stereocenters. The molecule has 3 amide bonds. The fraction of sp³-hybridized carbons (Fsp3) is 0.269. The van der Waals surface area contributed by atoms with Crippen LogP contribution in [0.3, 0.4) is 0 Å². The first-order valence-electron chi connectivity index (χ1n) is 11.5. The van der Waals surface area contributed by atoms with Crippen LogP contribution in [-0.4, -0.2) is 51.1 Å². The topological polar surface area (TPSA) is 107 Å². The Morgan fingerprint density at radius 2 is 1.69 bits per heavy atom. The summed E-state index contributed by atoms with van der Waals surface area (Å²) in [6.45, 7) is 2.12. The molecule has 1 fully saturated rings. The second-order valence-electron chi connectivity index (χ2n) is 8.56. The van der Waals surface area contributed by atoms with Crippen LogP contribution >= 0.6 is 24.0 Å². The van der Waals surface area contributed by atoms with Crippen LogP contribution in [0.1, 0.15) is 36.8 Å². The van der Waals surface area contributed by atoms with Gasteiger partial charge in [-0.15, -0.1) is 0 Å². The molecule has 2 aliphatic heterocycles. The lowest BCUT2D eigenvalue weighted by atomic mass is 10.1. The minimum absolute atomic E-state index is 0.0844. The fourth-order valence-electron chi connectivity index (χ4n) is 4.10. The molecule has 0 radical (unpaired) electrons. The molecule has 186 valence electrons. The number of unbranched alkanes of at least 4 members (excludes halogenated alkanes) is 2. The number of thioether (sulfide) groups is 1. The first-order chi connectivity index (χ1) is 17.3. The molecule has 4 rings (SSSR count). The number of aryl methyl sites for hydroxylation is 1. The third-order valence-corrected chi connectivity index (χ3v) is 7.36. The van der Waals surface area contributed by atoms with Gasteiger partial charge in [0.25, 0.3) is 11.8 Å². The van der Waals surface area contributed by atoms with Crippen molar-refractivity contribution in [2.45, 2.75) is 32.6 Å². The van der Waals surface area contributed by atoms with Gasteiger partial charge in [-0.1, -0.05) is 66.3 Å². The van der Waals surface area contributed by atoms with E-state index in [9.17, 15) is 19.2 Å². The Hall–Kier alpha value is -3.50. The van der Waals surface area contributed by atoms with E-state index < -0.39 is 11.9 Å². The first kappa shape index (κ1) is 25.6. The van der Waals surface area contributed by atoms with Crippen LogP contribution < -0.4 is 10.2 Å². The summed E-state index contributed by atoms with van der Waals surface area (Å²) in [6.07, 6.45) is 1.87. The number of hydrogen-bond acceptors (Lipinski definition) is 6. The fourth-order valence-corrected chi connectivity index (χ4v) is 5.48. The zero-order chi connectivity index (χ0) is 25.8. The smallest absolute Gasteiger partial charge is 0.303 e. The van der Waals surface area contributed by atoms with E-state index in [1.807, 2.05) is 19.1 Å². The lowest BCUT2D eigenvalue weighted by molar-refractivity contribution is -0.137. The van der Waals surface area contributed by atoms with Gasteiger partial charge in [-0.25, -0.2) is 0 Å². The van der Waals surface area contributed by atoms with Gasteiger partial charge in [0.05, 0.1) is 16.2 Å². The highest BCUT2D eigenvalue weighted by Gasteiger charge is 2.42. The monoisotopic (exact) mass is 523 g/mol. The summed E-state index contributed by atoms with van der Waals surface area (Å²) >= 11 is 6.50. The Kier molecular flexibility index (Phi) is 7.85. The number of nitrogens with one attached hydrogen (secondary N) is 1. The van der Waals surface area contributed by atoms with Crippen molar-refractivity contribution in [3.8, 4) is 0 Å². The highest BCUT2D eigenvalue weighted by atomic mass is 32.2. The SMILES string of the molecule is Cc1ccc(NC(=O)CN2C(=O)C(=C3SC(=S)N(CCCCCC(=O)O)C3=O)c3ccccc32)cc1. The third-order valence-electron chi connectivity index (χ3n) is 5.91. The molecule has 0 aromatic heterocycles. The molecule has 8 nitrogen and oxygen atoms in total. The molecular weight excluding hydrogens is 498 g/mol. The Bertz CT molecular complexity index is 1270. The maximum absolute atomic E-state index is 13.5. The van der Waals surface area contributed by atoms with E-state index in [1.54, 1.807) is 36.4 Å². The summed E-state index contributed by atoms with van der Waals surface area (Å²) in [5.74, 6) is -1.96. The predicted octanol–water partition coefficient (Wildman–Crippen LogP) is 4.20. The molecule has 10 heteroatoms. The highest BCUT2D eigenvalue weighted by molar-refractivity contribution is 8.26. The van der Waals surface area contributed by atoms with E-state index >= 15 is 0 Å². The van der Waals surface area contributed by atoms with Crippen LogP contribution in [0.25, 0.3) is 5.57 Å². The minimum Gasteiger partial charge on any atom is -0.481 e. The van der Waals surface area contributed by atoms with Crippen LogP contribution in [0.5, 0.6) is 0 Å². The number of para-hydroxylation sites is 1. The summed E-state index contributed by atoms with van der Waals surface area (Å²) in [7, 11) is 0. The number of aliphatic carboxylic acids is 1. The number of fused-ring (bicyclic) bond motifs is 1. The number of nitrogens with zero attached hydrogens (tertiary/aromatic N) is 2. The van der Waals surface area contributed by atoms with Crippen molar-refractivity contribution in [1.82, 2.24) is 4.90 Å². The lowest BCUT2D eigenvalue weighted by Crippen LogP contribution is -2.35. The Morgan fingerprint density at radius 3 is 2.42 bits per heavy atom. The predicted molar refractivity (Wildman–Crippen MR) is 144 cm³/mol. The van der Waals surface area contributed by atoms with Crippen molar-refractivity contribution in [2.24, 2.45) is 0 Å². The summed E-state index contributed by atoms with van der Waals surface area (Å²) in [4.78, 5) is 53.3. The molecule has 0 saturated carbocycles. The largest absolute Gasteiger partial charge is 0.481 e. The van der Waals surface area contributed by atoms with Crippen LogP contribution in [0.15, 0.2) is 53.4 Å². The van der Waals surface area contributed by atoms with Crippen molar-refractivity contribution in [3.05, 3.63) is 64.6 Å². The van der Waals surface area contributed by atoms with E-state index in [4.69, 9.17) is 17.3 Å². The van der Waals surface area contributed by atoms with E-state index in [1.165, 1.54) is 9.80 Å². The zero-order valence-electron chi connectivity index (χ0n) is 19.7. The van der Waals surface area contributed by atoms with Gasteiger partial charge >= 0.3 is 5.97 Å². The van der Waals surface area contributed by atoms with E-state index in [-0.39, 0.29) is 35.3 Å². The molecule has 0 atom stereocenters. The molecule has 1 saturated heterocycles. The number of carboxylic acids is 1. The molecule has 2 aliphatic rings. The molecule has 0 bridgehead atoms. The maximum atomic E-state index is 13.5. The van der Waals surface area contributed by atoms with Gasteiger partial charge < -0.3 is 10.4 Å². The molecule has 2 heterocycles. The normalized spacial score (nSPS) is 17.1. The average Bonchev–Trinajstić information content (AvgIpc) is 3.27. The molecule has 0 aliphatic carbocycles. The maximum Gasteiger partial charge on any atom is 0.303 e. The number of carbonyl (C=O) groups excluding carboxylic acids is 3. The van der Waals surface area contributed by atoms with Crippen LogP contribution in [0, 0.1) is 6.92 Å². The van der Waals surface area contributed by atoms with Crippen LogP contribution in [0.4, 0.5) is 11.4 Å². The van der Waals surface area contributed by atoms with E-state index in [2.05, 4.69) is 5.32 Å². The first-order valence-corrected chi connectivity index (χ1v) is 12.8. The third kappa shape index (κ3) is 5.50. The van der Waals surface area contributed by atoms with Gasteiger partial charge in [-0.3, -0.25) is 29.0 Å². The average molecular weight is 524 g/mol. The second kappa shape index (κ2) is 11.0. The Balaban J connectivity index is 1.51. The Labute approximate surface area is 218 Å². The van der Waals surface area contributed by atoms with Crippen molar-refractivity contribution in [3.63, 3.8) is 0 Å². The van der Waals surface area contributed by atoms with Gasteiger partial charge in [0.15, 0.2) is 0 Å². The minimum atomic E-state index is -0.846. The Morgan fingerprint density at radius 1 is 0.972 bits per heavy atom. The summed E-state index contributed by atoms with van der Waals surface area (Å²) < 4.78 is 0.363. The molecule has 2 aromatic rings. The second-order valence-corrected chi connectivity index (χ2v) is 10.2. The van der Waals surface area contributed by atoms with Gasteiger partial charge in [0, 0.05) is 24.2 Å². The molecule has 36 heavy (non-hydrogen) atoms. The lowest BCUT2D eigenvalue weighted by Gasteiger charge is -2.17. The van der Waals surface area contributed by atoms with Crippen LogP contribution in [-0.2, 0) is 19.2 Å². The number of thiocarbonyl (C=S) groups is 1. The molecular formula is C26H25N3O5S2. The number of rotatable bonds is 9. The van der Waals surface area contributed by atoms with Crippen molar-refractivity contribution >= 4 is 68.9 Å². The number of hydrogen-bond donors (Lipinski definition) is 2. The van der Waals surface area contributed by atoms with Gasteiger partial charge in [0.1, 0.15) is 10.9 Å². The molecule has 0 spiro atoms. The summed E-state index contributed by atoms with van der Waals surface area (Å²) in [5, 5.41) is 11.6.